The van der Waals surface area contributed by atoms with Crippen LogP contribution in [0.2, 0.25) is 0 Å². The lowest BCUT2D eigenvalue weighted by atomic mass is 10.2. The Morgan fingerprint density at radius 1 is 1.13 bits per heavy atom. The van der Waals surface area contributed by atoms with Gasteiger partial charge in [-0.3, -0.25) is 4.79 Å². The third-order valence-corrected chi connectivity index (χ3v) is 4.06. The first kappa shape index (κ1) is 21.5. The molecule has 3 rings (SSSR count). The van der Waals surface area contributed by atoms with Crippen molar-refractivity contribution in [2.75, 3.05) is 38.9 Å². The van der Waals surface area contributed by atoms with Gasteiger partial charge in [-0.1, -0.05) is 6.07 Å². The second-order valence-electron chi connectivity index (χ2n) is 6.20. The summed E-state index contributed by atoms with van der Waals surface area (Å²) in [6, 6.07) is 11.8. The number of nitrogens with zero attached hydrogens (tertiary/aromatic N) is 1. The van der Waals surface area contributed by atoms with Crippen LogP contribution in [0.5, 0.6) is 23.0 Å². The minimum Gasteiger partial charge on any atom is -0.493 e. The van der Waals surface area contributed by atoms with Crippen molar-refractivity contribution in [2.45, 2.75) is 0 Å². The molecule has 0 spiro atoms. The van der Waals surface area contributed by atoms with Crippen LogP contribution in [0.1, 0.15) is 5.56 Å². The number of hydrogen-bond acceptors (Lipinski definition) is 8. The number of esters is 1. The molecule has 0 atom stereocenters. The molecule has 2 aromatic rings. The van der Waals surface area contributed by atoms with Crippen molar-refractivity contribution in [2.24, 2.45) is 0 Å². The van der Waals surface area contributed by atoms with Crippen LogP contribution in [0, 0.1) is 11.3 Å². The second kappa shape index (κ2) is 10.5. The molecule has 0 saturated heterocycles. The highest BCUT2D eigenvalue weighted by Gasteiger charge is 2.13. The number of nitriles is 1. The Morgan fingerprint density at radius 3 is 2.71 bits per heavy atom. The smallest absolute Gasteiger partial charge is 0.331 e. The van der Waals surface area contributed by atoms with Crippen molar-refractivity contribution in [3.8, 4) is 29.1 Å². The summed E-state index contributed by atoms with van der Waals surface area (Å²) in [6.45, 7) is 0.373. The number of anilines is 1. The summed E-state index contributed by atoms with van der Waals surface area (Å²) in [5.74, 6) is 0.829. The molecule has 9 nitrogen and oxygen atoms in total. The van der Waals surface area contributed by atoms with Gasteiger partial charge in [0.2, 0.25) is 0 Å². The van der Waals surface area contributed by atoms with Gasteiger partial charge in [0.25, 0.3) is 5.91 Å². The highest BCUT2D eigenvalue weighted by Crippen LogP contribution is 2.32. The molecule has 1 heterocycles. The molecule has 31 heavy (non-hydrogen) atoms. The topological polar surface area (TPSA) is 116 Å². The van der Waals surface area contributed by atoms with Gasteiger partial charge in [-0.2, -0.15) is 5.26 Å². The van der Waals surface area contributed by atoms with Gasteiger partial charge in [0, 0.05) is 17.8 Å². The highest BCUT2D eigenvalue weighted by molar-refractivity contribution is 5.94. The van der Waals surface area contributed by atoms with Crippen molar-refractivity contribution in [1.29, 1.82) is 5.26 Å². The molecule has 0 unspecified atom stereocenters. The molecule has 160 valence electrons. The van der Waals surface area contributed by atoms with E-state index in [1.54, 1.807) is 36.4 Å². The van der Waals surface area contributed by atoms with Crippen LogP contribution >= 0.6 is 0 Å². The number of hydrogen-bond donors (Lipinski definition) is 1. The van der Waals surface area contributed by atoms with Crippen LogP contribution in [-0.2, 0) is 14.3 Å². The standard InChI is InChI=1S/C22H20N2O7/c1-27-19-12-15(2-5-17(19)28-9-8-23)3-7-22(26)31-14-21(25)24-16-4-6-18-20(13-16)30-11-10-29-18/h2-7,12-13H,9-11,14H2,1H3,(H,24,25)/b7-3+. The third kappa shape index (κ3) is 6.14. The van der Waals surface area contributed by atoms with Crippen molar-refractivity contribution in [1.82, 2.24) is 0 Å². The molecule has 1 N–H and O–H groups in total. The predicted octanol–water partition coefficient (Wildman–Crippen LogP) is 2.56. The molecule has 0 aromatic heterocycles. The van der Waals surface area contributed by atoms with E-state index in [2.05, 4.69) is 5.32 Å². The summed E-state index contributed by atoms with van der Waals surface area (Å²) in [7, 11) is 1.47. The molecule has 9 heteroatoms. The molecule has 1 aliphatic heterocycles. The van der Waals surface area contributed by atoms with E-state index in [4.69, 9.17) is 28.9 Å². The Balaban J connectivity index is 1.50. The molecule has 0 aliphatic carbocycles. The van der Waals surface area contributed by atoms with Crippen molar-refractivity contribution < 1.29 is 33.3 Å². The number of methoxy groups -OCH3 is 1. The zero-order valence-electron chi connectivity index (χ0n) is 16.8. The van der Waals surface area contributed by atoms with E-state index < -0.39 is 18.5 Å². The second-order valence-corrected chi connectivity index (χ2v) is 6.20. The summed E-state index contributed by atoms with van der Waals surface area (Å²) < 4.78 is 26.3. The molecule has 0 bridgehead atoms. The van der Waals surface area contributed by atoms with Crippen LogP contribution in [0.25, 0.3) is 6.08 Å². The number of nitrogens with one attached hydrogen (secondary N) is 1. The minimum atomic E-state index is -0.680. The van der Waals surface area contributed by atoms with Gasteiger partial charge >= 0.3 is 5.97 Å². The summed E-state index contributed by atoms with van der Waals surface area (Å²) in [5.41, 5.74) is 1.16. The number of rotatable bonds is 8. The first-order valence-electron chi connectivity index (χ1n) is 9.31. The van der Waals surface area contributed by atoms with Crippen LogP contribution in [0.4, 0.5) is 5.69 Å². The average molecular weight is 424 g/mol. The molecule has 1 aliphatic rings. The zero-order chi connectivity index (χ0) is 22.1. The molecular formula is C22H20N2O7. The molecular weight excluding hydrogens is 404 g/mol. The molecule has 0 fully saturated rings. The Morgan fingerprint density at radius 2 is 1.94 bits per heavy atom. The Kier molecular flexibility index (Phi) is 7.32. The lowest BCUT2D eigenvalue weighted by Crippen LogP contribution is -2.20. The fourth-order valence-electron chi connectivity index (χ4n) is 2.68. The van der Waals surface area contributed by atoms with E-state index in [1.165, 1.54) is 19.3 Å². The molecule has 0 saturated carbocycles. The van der Waals surface area contributed by atoms with Crippen molar-refractivity contribution in [3.63, 3.8) is 0 Å². The zero-order valence-corrected chi connectivity index (χ0v) is 16.8. The van der Waals surface area contributed by atoms with Gasteiger partial charge < -0.3 is 29.0 Å². The summed E-state index contributed by atoms with van der Waals surface area (Å²) >= 11 is 0. The molecule has 2 aromatic carbocycles. The number of amides is 1. The first-order valence-corrected chi connectivity index (χ1v) is 9.31. The summed E-state index contributed by atoms with van der Waals surface area (Å²) in [5, 5.41) is 11.2. The van der Waals surface area contributed by atoms with E-state index in [-0.39, 0.29) is 6.61 Å². The van der Waals surface area contributed by atoms with E-state index >= 15 is 0 Å². The highest BCUT2D eigenvalue weighted by atomic mass is 16.6. The Hall–Kier alpha value is -4.19. The van der Waals surface area contributed by atoms with Crippen molar-refractivity contribution >= 4 is 23.6 Å². The van der Waals surface area contributed by atoms with Crippen LogP contribution in [0.15, 0.2) is 42.5 Å². The third-order valence-electron chi connectivity index (χ3n) is 4.06. The van der Waals surface area contributed by atoms with Crippen molar-refractivity contribution in [3.05, 3.63) is 48.0 Å². The van der Waals surface area contributed by atoms with Gasteiger partial charge in [-0.15, -0.1) is 0 Å². The van der Waals surface area contributed by atoms with Crippen LogP contribution in [-0.4, -0.2) is 45.4 Å². The van der Waals surface area contributed by atoms with Gasteiger partial charge in [0.05, 0.1) is 7.11 Å². The van der Waals surface area contributed by atoms with Gasteiger partial charge in [-0.25, -0.2) is 4.79 Å². The Bertz CT molecular complexity index is 1030. The lowest BCUT2D eigenvalue weighted by molar-refractivity contribution is -0.142. The normalized spacial score (nSPS) is 12.0. The van der Waals surface area contributed by atoms with Gasteiger partial charge in [-0.05, 0) is 35.9 Å². The fourth-order valence-corrected chi connectivity index (χ4v) is 2.68. The molecule has 0 radical (unpaired) electrons. The van der Waals surface area contributed by atoms with E-state index in [0.717, 1.165) is 0 Å². The maximum absolute atomic E-state index is 12.0. The predicted molar refractivity (Wildman–Crippen MR) is 110 cm³/mol. The Labute approximate surface area is 178 Å². The van der Waals surface area contributed by atoms with Gasteiger partial charge in [0.1, 0.15) is 19.3 Å². The van der Waals surface area contributed by atoms with Crippen LogP contribution in [0.3, 0.4) is 0 Å². The SMILES string of the molecule is COc1cc(/C=C/C(=O)OCC(=O)Nc2ccc3c(c2)OCCO3)ccc1OCC#N. The van der Waals surface area contributed by atoms with Crippen LogP contribution < -0.4 is 24.3 Å². The minimum absolute atomic E-state index is 0.105. The largest absolute Gasteiger partial charge is 0.493 e. The monoisotopic (exact) mass is 424 g/mol. The molecule has 1 amide bonds. The lowest BCUT2D eigenvalue weighted by Gasteiger charge is -2.18. The van der Waals surface area contributed by atoms with E-state index in [0.29, 0.717) is 47.5 Å². The van der Waals surface area contributed by atoms with E-state index in [1.807, 2.05) is 6.07 Å². The average Bonchev–Trinajstić information content (AvgIpc) is 2.80. The first-order chi connectivity index (χ1) is 15.1. The maximum atomic E-state index is 12.0. The number of ether oxygens (including phenoxy) is 5. The number of carbonyl (C=O) groups is 2. The maximum Gasteiger partial charge on any atom is 0.331 e. The summed E-state index contributed by atoms with van der Waals surface area (Å²) in [4.78, 5) is 23.9. The number of benzene rings is 2. The fraction of sp³-hybridized carbons (Fsp3) is 0.227. The number of fused-ring (bicyclic) bond motifs is 1. The van der Waals surface area contributed by atoms with Gasteiger partial charge in [0.15, 0.2) is 36.2 Å². The van der Waals surface area contributed by atoms with E-state index in [9.17, 15) is 9.59 Å². The number of carbonyl (C=O) groups excluding carboxylic acids is 2. The quantitative estimate of drug-likeness (QED) is 0.508. The summed E-state index contributed by atoms with van der Waals surface area (Å²) in [6.07, 6.45) is 2.71.